The van der Waals surface area contributed by atoms with Gasteiger partial charge in [-0.3, -0.25) is 4.79 Å². The summed E-state index contributed by atoms with van der Waals surface area (Å²) >= 11 is 6.30. The molecule has 5 aromatic rings. The van der Waals surface area contributed by atoms with Crippen LogP contribution in [0.4, 0.5) is 0 Å². The van der Waals surface area contributed by atoms with E-state index in [0.717, 1.165) is 21.8 Å². The number of hydrogen-bond acceptors (Lipinski definition) is 1. The number of aromatic nitrogens is 1. The van der Waals surface area contributed by atoms with Crippen molar-refractivity contribution in [2.24, 2.45) is 5.73 Å². The van der Waals surface area contributed by atoms with Gasteiger partial charge in [-0.25, -0.2) is 0 Å². The van der Waals surface area contributed by atoms with Crippen LogP contribution in [0.15, 0.2) is 78.9 Å². The maximum absolute atomic E-state index is 12.0. The third-order valence-electron chi connectivity index (χ3n) is 5.27. The molecular formula is C24H17ClN2O. The second-order valence-corrected chi connectivity index (χ2v) is 7.43. The van der Waals surface area contributed by atoms with Gasteiger partial charge in [-0.05, 0) is 46.7 Å². The number of fused-ring (bicyclic) bond motifs is 4. The molecule has 28 heavy (non-hydrogen) atoms. The molecule has 0 saturated heterocycles. The molecule has 4 aromatic carbocycles. The molecule has 0 saturated carbocycles. The van der Waals surface area contributed by atoms with Gasteiger partial charge in [0.15, 0.2) is 0 Å². The summed E-state index contributed by atoms with van der Waals surface area (Å²) in [5, 5.41) is 4.94. The summed E-state index contributed by atoms with van der Waals surface area (Å²) in [5.41, 5.74) is 9.33. The fourth-order valence-electron chi connectivity index (χ4n) is 4.01. The topological polar surface area (TPSA) is 48.0 Å². The van der Waals surface area contributed by atoms with Crippen molar-refractivity contribution in [1.82, 2.24) is 4.57 Å². The minimum absolute atomic E-state index is 0.426. The van der Waals surface area contributed by atoms with Crippen LogP contribution in [0, 0.1) is 0 Å². The molecule has 0 fully saturated rings. The van der Waals surface area contributed by atoms with Gasteiger partial charge in [0.25, 0.3) is 0 Å². The van der Waals surface area contributed by atoms with Crippen molar-refractivity contribution in [2.75, 3.05) is 0 Å². The third kappa shape index (κ3) is 2.63. The molecule has 1 amide bonds. The number of amides is 1. The lowest BCUT2D eigenvalue weighted by molar-refractivity contribution is 0.100. The predicted octanol–water partition coefficient (Wildman–Crippen LogP) is 5.75. The Kier molecular flexibility index (Phi) is 3.85. The van der Waals surface area contributed by atoms with Crippen LogP contribution in [0.1, 0.15) is 15.9 Å². The summed E-state index contributed by atoms with van der Waals surface area (Å²) in [6.07, 6.45) is 0. The number of rotatable bonds is 3. The highest BCUT2D eigenvalue weighted by atomic mass is 35.5. The van der Waals surface area contributed by atoms with E-state index < -0.39 is 5.91 Å². The van der Waals surface area contributed by atoms with Crippen molar-refractivity contribution >= 4 is 50.1 Å². The van der Waals surface area contributed by atoms with E-state index >= 15 is 0 Å². The van der Waals surface area contributed by atoms with Crippen LogP contribution in [-0.2, 0) is 6.54 Å². The van der Waals surface area contributed by atoms with Gasteiger partial charge in [0, 0.05) is 27.9 Å². The van der Waals surface area contributed by atoms with Gasteiger partial charge >= 0.3 is 0 Å². The van der Waals surface area contributed by atoms with Gasteiger partial charge in [0.1, 0.15) is 0 Å². The maximum Gasteiger partial charge on any atom is 0.249 e. The number of hydrogen-bond donors (Lipinski definition) is 1. The monoisotopic (exact) mass is 384 g/mol. The van der Waals surface area contributed by atoms with Crippen LogP contribution >= 0.6 is 11.6 Å². The van der Waals surface area contributed by atoms with Gasteiger partial charge in [0.05, 0.1) is 11.0 Å². The standard InChI is InChI=1S/C24H17ClN2O/c25-18-10-11-19-22(13-18)27(21-7-3-6-20(23(19)21)24(26)28)14-15-8-9-16-4-1-2-5-17(16)12-15/h1-13H,14H2,(H2,26,28). The van der Waals surface area contributed by atoms with E-state index in [0.29, 0.717) is 17.1 Å². The lowest BCUT2D eigenvalue weighted by atomic mass is 10.1. The molecule has 1 heterocycles. The normalized spacial score (nSPS) is 11.5. The molecule has 0 bridgehead atoms. The summed E-state index contributed by atoms with van der Waals surface area (Å²) in [6.45, 7) is 0.674. The van der Waals surface area contributed by atoms with Crippen molar-refractivity contribution in [2.45, 2.75) is 6.54 Å². The Balaban J connectivity index is 1.78. The number of primary amides is 1. The number of nitrogens with two attached hydrogens (primary N) is 1. The van der Waals surface area contributed by atoms with Crippen molar-refractivity contribution in [3.63, 3.8) is 0 Å². The van der Waals surface area contributed by atoms with Gasteiger partial charge < -0.3 is 10.3 Å². The lowest BCUT2D eigenvalue weighted by Crippen LogP contribution is -2.11. The SMILES string of the molecule is NC(=O)c1cccc2c1c1ccc(Cl)cc1n2Cc1ccc2ccccc2c1. The van der Waals surface area contributed by atoms with Crippen LogP contribution in [0.5, 0.6) is 0 Å². The summed E-state index contributed by atoms with van der Waals surface area (Å²) in [5.74, 6) is -0.426. The van der Waals surface area contributed by atoms with Gasteiger partial charge in [0.2, 0.25) is 5.91 Å². The minimum Gasteiger partial charge on any atom is -0.366 e. The Bertz CT molecular complexity index is 1380. The minimum atomic E-state index is -0.426. The Morgan fingerprint density at radius 2 is 1.68 bits per heavy atom. The van der Waals surface area contributed by atoms with Crippen LogP contribution in [-0.4, -0.2) is 10.5 Å². The second kappa shape index (κ2) is 6.39. The highest BCUT2D eigenvalue weighted by Crippen LogP contribution is 2.34. The summed E-state index contributed by atoms with van der Waals surface area (Å²) in [6, 6.07) is 26.2. The first-order valence-corrected chi connectivity index (χ1v) is 9.47. The van der Waals surface area contributed by atoms with Crippen molar-refractivity contribution in [3.05, 3.63) is 95.0 Å². The van der Waals surface area contributed by atoms with Crippen LogP contribution in [0.2, 0.25) is 5.02 Å². The highest BCUT2D eigenvalue weighted by molar-refractivity contribution is 6.32. The number of carbonyl (C=O) groups excluding carboxylic acids is 1. The molecule has 5 rings (SSSR count). The molecule has 0 spiro atoms. The summed E-state index contributed by atoms with van der Waals surface area (Å²) in [7, 11) is 0. The molecule has 0 unspecified atom stereocenters. The van der Waals surface area contributed by atoms with Crippen molar-refractivity contribution in [3.8, 4) is 0 Å². The zero-order chi connectivity index (χ0) is 19.3. The molecule has 3 nitrogen and oxygen atoms in total. The van der Waals surface area contributed by atoms with E-state index in [1.807, 2.05) is 42.5 Å². The Hall–Kier alpha value is -3.30. The Labute approximate surface area is 166 Å². The first-order chi connectivity index (χ1) is 13.6. The molecule has 0 aliphatic rings. The number of nitrogens with zero attached hydrogens (tertiary/aromatic N) is 1. The summed E-state index contributed by atoms with van der Waals surface area (Å²) < 4.78 is 2.20. The van der Waals surface area contributed by atoms with Gasteiger partial charge in [-0.2, -0.15) is 0 Å². The maximum atomic E-state index is 12.0. The Morgan fingerprint density at radius 1 is 0.857 bits per heavy atom. The van der Waals surface area contributed by atoms with E-state index in [4.69, 9.17) is 17.3 Å². The molecule has 0 atom stereocenters. The number of halogens is 1. The first-order valence-electron chi connectivity index (χ1n) is 9.10. The van der Waals surface area contributed by atoms with Gasteiger partial charge in [-0.15, -0.1) is 0 Å². The number of carbonyl (C=O) groups is 1. The average molecular weight is 385 g/mol. The van der Waals surface area contributed by atoms with E-state index in [1.165, 1.54) is 16.3 Å². The molecule has 4 heteroatoms. The zero-order valence-corrected chi connectivity index (χ0v) is 15.8. The quantitative estimate of drug-likeness (QED) is 0.423. The van der Waals surface area contributed by atoms with E-state index in [9.17, 15) is 4.79 Å². The zero-order valence-electron chi connectivity index (χ0n) is 15.0. The Morgan fingerprint density at radius 3 is 2.50 bits per heavy atom. The molecule has 2 N–H and O–H groups in total. The first kappa shape index (κ1) is 16.8. The summed E-state index contributed by atoms with van der Waals surface area (Å²) in [4.78, 5) is 12.0. The molecule has 1 aromatic heterocycles. The van der Waals surface area contributed by atoms with E-state index in [-0.39, 0.29) is 0 Å². The van der Waals surface area contributed by atoms with Crippen molar-refractivity contribution < 1.29 is 4.79 Å². The second-order valence-electron chi connectivity index (χ2n) is 6.99. The number of benzene rings is 4. The lowest BCUT2D eigenvalue weighted by Gasteiger charge is -2.09. The smallest absolute Gasteiger partial charge is 0.249 e. The molecule has 136 valence electrons. The molecular weight excluding hydrogens is 368 g/mol. The fraction of sp³-hybridized carbons (Fsp3) is 0.0417. The van der Waals surface area contributed by atoms with Crippen LogP contribution in [0.3, 0.4) is 0 Å². The molecule has 0 aliphatic heterocycles. The van der Waals surface area contributed by atoms with E-state index in [1.54, 1.807) is 6.07 Å². The van der Waals surface area contributed by atoms with Crippen molar-refractivity contribution in [1.29, 1.82) is 0 Å². The molecule has 0 radical (unpaired) electrons. The van der Waals surface area contributed by atoms with E-state index in [2.05, 4.69) is 34.9 Å². The van der Waals surface area contributed by atoms with Crippen LogP contribution in [0.25, 0.3) is 32.6 Å². The largest absolute Gasteiger partial charge is 0.366 e. The average Bonchev–Trinajstić information content (AvgIpc) is 3.01. The molecule has 0 aliphatic carbocycles. The fourth-order valence-corrected chi connectivity index (χ4v) is 4.18. The third-order valence-corrected chi connectivity index (χ3v) is 5.51. The predicted molar refractivity (Wildman–Crippen MR) is 116 cm³/mol. The highest BCUT2D eigenvalue weighted by Gasteiger charge is 2.16. The van der Waals surface area contributed by atoms with Gasteiger partial charge in [-0.1, -0.05) is 60.1 Å². The van der Waals surface area contributed by atoms with Crippen LogP contribution < -0.4 is 5.73 Å².